The van der Waals surface area contributed by atoms with Crippen LogP contribution in [-0.2, 0) is 16.8 Å². The first-order valence-corrected chi connectivity index (χ1v) is 11.0. The molecule has 0 unspecified atom stereocenters. The van der Waals surface area contributed by atoms with Crippen molar-refractivity contribution < 1.29 is 9.53 Å². The Labute approximate surface area is 187 Å². The summed E-state index contributed by atoms with van der Waals surface area (Å²) in [4.78, 5) is 14.7. The molecular weight excluding hydrogens is 416 g/mol. The lowest BCUT2D eigenvalue weighted by Gasteiger charge is -2.22. The van der Waals surface area contributed by atoms with Gasteiger partial charge in [-0.25, -0.2) is 4.68 Å². The largest absolute Gasteiger partial charge is 0.406 e. The second kappa shape index (κ2) is 8.86. The fourth-order valence-electron chi connectivity index (χ4n) is 3.26. The molecular formula is C24H27ClN2O2S. The molecule has 0 spiro atoms. The molecule has 1 heterocycles. The normalized spacial score (nSPS) is 11.6. The second-order valence-electron chi connectivity index (χ2n) is 8.51. The number of hydrogen-bond donors (Lipinski definition) is 0. The van der Waals surface area contributed by atoms with Crippen LogP contribution in [0.5, 0.6) is 5.88 Å². The van der Waals surface area contributed by atoms with E-state index < -0.39 is 0 Å². The molecule has 3 aromatic rings. The lowest BCUT2D eigenvalue weighted by molar-refractivity contribution is -0.134. The maximum Gasteiger partial charge on any atom is 0.317 e. The number of aryl methyl sites for hydroxylation is 3. The highest BCUT2D eigenvalue weighted by molar-refractivity contribution is 7.99. The van der Waals surface area contributed by atoms with Crippen LogP contribution in [-0.4, -0.2) is 15.7 Å². The SMILES string of the molecule is Cc1cc(C)cc(CC(=O)Oc2c(Sc3ccc(Cl)cc3)c(C)nn2C(C)(C)C)c1. The van der Waals surface area contributed by atoms with Crippen molar-refractivity contribution in [1.29, 1.82) is 0 Å². The van der Waals surface area contributed by atoms with Gasteiger partial charge in [0, 0.05) is 9.92 Å². The van der Waals surface area contributed by atoms with Crippen molar-refractivity contribution >= 4 is 29.3 Å². The molecule has 30 heavy (non-hydrogen) atoms. The van der Waals surface area contributed by atoms with Gasteiger partial charge in [-0.3, -0.25) is 4.79 Å². The van der Waals surface area contributed by atoms with Gasteiger partial charge in [0.15, 0.2) is 0 Å². The number of aromatic nitrogens is 2. The van der Waals surface area contributed by atoms with E-state index in [4.69, 9.17) is 16.3 Å². The summed E-state index contributed by atoms with van der Waals surface area (Å²) in [5.74, 6) is 0.178. The van der Waals surface area contributed by atoms with Crippen LogP contribution in [0.2, 0.25) is 5.02 Å². The highest BCUT2D eigenvalue weighted by Gasteiger charge is 2.27. The lowest BCUT2D eigenvalue weighted by atomic mass is 10.1. The molecule has 1 aromatic heterocycles. The van der Waals surface area contributed by atoms with E-state index in [1.165, 1.54) is 11.8 Å². The molecule has 158 valence electrons. The minimum atomic E-state index is -0.334. The Balaban J connectivity index is 1.92. The van der Waals surface area contributed by atoms with Crippen molar-refractivity contribution in [3.8, 4) is 5.88 Å². The molecule has 4 nitrogen and oxygen atoms in total. The summed E-state index contributed by atoms with van der Waals surface area (Å²) in [7, 11) is 0. The number of benzene rings is 2. The summed E-state index contributed by atoms with van der Waals surface area (Å²) in [5, 5.41) is 5.36. The fraction of sp³-hybridized carbons (Fsp3) is 0.333. The number of carbonyl (C=O) groups excluding carboxylic acids is 1. The zero-order chi connectivity index (χ0) is 22.1. The Morgan fingerprint density at radius 3 is 2.23 bits per heavy atom. The average molecular weight is 443 g/mol. The third-order valence-electron chi connectivity index (χ3n) is 4.47. The monoisotopic (exact) mass is 442 g/mol. The van der Waals surface area contributed by atoms with E-state index in [9.17, 15) is 4.79 Å². The van der Waals surface area contributed by atoms with Crippen molar-refractivity contribution in [3.63, 3.8) is 0 Å². The highest BCUT2D eigenvalue weighted by atomic mass is 35.5. The van der Waals surface area contributed by atoms with Gasteiger partial charge >= 0.3 is 5.97 Å². The van der Waals surface area contributed by atoms with Gasteiger partial charge in [-0.1, -0.05) is 52.7 Å². The minimum absolute atomic E-state index is 0.210. The number of esters is 1. The minimum Gasteiger partial charge on any atom is -0.406 e. The van der Waals surface area contributed by atoms with Gasteiger partial charge in [0.1, 0.15) is 0 Å². The molecule has 0 aliphatic carbocycles. The third-order valence-corrected chi connectivity index (χ3v) is 5.91. The molecule has 0 saturated carbocycles. The Hall–Kier alpha value is -2.24. The van der Waals surface area contributed by atoms with Gasteiger partial charge in [-0.05, 0) is 71.4 Å². The molecule has 0 aliphatic rings. The quantitative estimate of drug-likeness (QED) is 0.422. The number of nitrogens with zero attached hydrogens (tertiary/aromatic N) is 2. The first kappa shape index (κ1) is 22.4. The van der Waals surface area contributed by atoms with Gasteiger partial charge in [-0.15, -0.1) is 0 Å². The third kappa shape index (κ3) is 5.46. The maximum atomic E-state index is 12.9. The summed E-state index contributed by atoms with van der Waals surface area (Å²) in [5.41, 5.74) is 3.70. The molecule has 6 heteroatoms. The van der Waals surface area contributed by atoms with E-state index in [0.29, 0.717) is 10.9 Å². The molecule has 0 amide bonds. The number of carbonyl (C=O) groups is 1. The zero-order valence-corrected chi connectivity index (χ0v) is 19.8. The van der Waals surface area contributed by atoms with Crippen molar-refractivity contribution in [2.75, 3.05) is 0 Å². The molecule has 0 bridgehead atoms. The summed E-state index contributed by atoms with van der Waals surface area (Å²) >= 11 is 7.53. The lowest BCUT2D eigenvalue weighted by Crippen LogP contribution is -2.26. The van der Waals surface area contributed by atoms with Crippen LogP contribution < -0.4 is 4.74 Å². The zero-order valence-electron chi connectivity index (χ0n) is 18.2. The Morgan fingerprint density at radius 1 is 1.07 bits per heavy atom. The van der Waals surface area contributed by atoms with E-state index in [1.807, 2.05) is 77.9 Å². The van der Waals surface area contributed by atoms with Crippen LogP contribution in [0.3, 0.4) is 0 Å². The van der Waals surface area contributed by atoms with Crippen LogP contribution in [0.15, 0.2) is 52.3 Å². The van der Waals surface area contributed by atoms with E-state index in [2.05, 4.69) is 11.2 Å². The summed E-state index contributed by atoms with van der Waals surface area (Å²) < 4.78 is 7.71. The molecule has 0 aliphatic heterocycles. The standard InChI is InChI=1S/C24H27ClN2O2S/c1-15-11-16(2)13-18(12-15)14-21(28)29-23-22(17(3)26-27(23)24(4,5)6)30-20-9-7-19(25)8-10-20/h7-13H,14H2,1-6H3. The highest BCUT2D eigenvalue weighted by Crippen LogP contribution is 2.40. The van der Waals surface area contributed by atoms with Gasteiger partial charge in [0.25, 0.3) is 0 Å². The topological polar surface area (TPSA) is 44.1 Å². The van der Waals surface area contributed by atoms with Crippen LogP contribution in [0, 0.1) is 20.8 Å². The Morgan fingerprint density at radius 2 is 1.67 bits per heavy atom. The van der Waals surface area contributed by atoms with E-state index in [-0.39, 0.29) is 17.9 Å². The van der Waals surface area contributed by atoms with Crippen molar-refractivity contribution in [2.45, 2.75) is 63.3 Å². The van der Waals surface area contributed by atoms with Crippen molar-refractivity contribution in [1.82, 2.24) is 9.78 Å². The van der Waals surface area contributed by atoms with Gasteiger partial charge in [0.2, 0.25) is 5.88 Å². The molecule has 0 radical (unpaired) electrons. The summed E-state index contributed by atoms with van der Waals surface area (Å²) in [6.07, 6.45) is 0.210. The fourth-order valence-corrected chi connectivity index (χ4v) is 4.29. The number of halogens is 1. The summed E-state index contributed by atoms with van der Waals surface area (Å²) in [6.45, 7) is 12.1. The van der Waals surface area contributed by atoms with E-state index in [1.54, 1.807) is 4.68 Å². The van der Waals surface area contributed by atoms with Crippen LogP contribution in [0.1, 0.15) is 43.2 Å². The predicted molar refractivity (Wildman–Crippen MR) is 123 cm³/mol. The smallest absolute Gasteiger partial charge is 0.317 e. The number of hydrogen-bond acceptors (Lipinski definition) is 4. The summed E-state index contributed by atoms with van der Waals surface area (Å²) in [6, 6.07) is 13.7. The molecule has 0 fully saturated rings. The first-order valence-electron chi connectivity index (χ1n) is 9.84. The number of rotatable bonds is 5. The van der Waals surface area contributed by atoms with Gasteiger partial charge in [0.05, 0.1) is 22.5 Å². The second-order valence-corrected chi connectivity index (χ2v) is 10.0. The molecule has 3 rings (SSSR count). The molecule has 0 N–H and O–H groups in total. The van der Waals surface area contributed by atoms with Gasteiger partial charge in [-0.2, -0.15) is 5.10 Å². The number of ether oxygens (including phenoxy) is 1. The average Bonchev–Trinajstić information content (AvgIpc) is 2.92. The molecule has 0 atom stereocenters. The molecule has 2 aromatic carbocycles. The first-order chi connectivity index (χ1) is 14.0. The van der Waals surface area contributed by atoms with Gasteiger partial charge < -0.3 is 4.74 Å². The Bertz CT molecular complexity index is 1050. The van der Waals surface area contributed by atoms with Crippen LogP contribution in [0.4, 0.5) is 0 Å². The van der Waals surface area contributed by atoms with Crippen molar-refractivity contribution in [2.24, 2.45) is 0 Å². The maximum absolute atomic E-state index is 12.9. The Kier molecular flexibility index (Phi) is 6.63. The van der Waals surface area contributed by atoms with Crippen LogP contribution in [0.25, 0.3) is 0 Å². The van der Waals surface area contributed by atoms with Crippen molar-refractivity contribution in [3.05, 3.63) is 69.9 Å². The van der Waals surface area contributed by atoms with Crippen LogP contribution >= 0.6 is 23.4 Å². The molecule has 0 saturated heterocycles. The van der Waals surface area contributed by atoms with E-state index >= 15 is 0 Å². The van der Waals surface area contributed by atoms with E-state index in [0.717, 1.165) is 32.2 Å². The predicted octanol–water partition coefficient (Wildman–Crippen LogP) is 6.52.